The highest BCUT2D eigenvalue weighted by Gasteiger charge is 2.25. The van der Waals surface area contributed by atoms with E-state index >= 15 is 0 Å². The highest BCUT2D eigenvalue weighted by molar-refractivity contribution is 6.00. The Kier molecular flexibility index (Phi) is 5.86. The minimum atomic E-state index is -0.957. The van der Waals surface area contributed by atoms with Crippen LogP contribution in [-0.4, -0.2) is 32.6 Å². The van der Waals surface area contributed by atoms with E-state index < -0.39 is 17.0 Å². The van der Waals surface area contributed by atoms with Gasteiger partial charge in [-0.1, -0.05) is 31.2 Å². The van der Waals surface area contributed by atoms with Gasteiger partial charge in [0.25, 0.3) is 0 Å². The molecule has 8 nitrogen and oxygen atoms in total. The highest BCUT2D eigenvalue weighted by atomic mass is 16.6. The Bertz CT molecular complexity index is 839. The van der Waals surface area contributed by atoms with Crippen molar-refractivity contribution in [3.05, 3.63) is 56.9 Å². The van der Waals surface area contributed by atoms with Crippen molar-refractivity contribution in [3.63, 3.8) is 0 Å². The third-order valence-electron chi connectivity index (χ3n) is 4.13. The van der Waals surface area contributed by atoms with E-state index in [-0.39, 0.29) is 29.4 Å². The lowest BCUT2D eigenvalue weighted by Gasteiger charge is -2.13. The second-order valence-corrected chi connectivity index (χ2v) is 5.98. The summed E-state index contributed by atoms with van der Waals surface area (Å²) in [6, 6.07) is 7.12. The smallest absolute Gasteiger partial charge is 0.328 e. The van der Waals surface area contributed by atoms with Crippen molar-refractivity contribution < 1.29 is 19.2 Å². The number of hydrogen-bond donors (Lipinski definition) is 0. The Morgan fingerprint density at radius 1 is 1.27 bits per heavy atom. The Morgan fingerprint density at radius 3 is 2.38 bits per heavy atom. The van der Waals surface area contributed by atoms with Crippen molar-refractivity contribution >= 4 is 17.4 Å². The molecule has 2 rings (SSSR count). The molecule has 0 aliphatic carbocycles. The summed E-state index contributed by atoms with van der Waals surface area (Å²) in [5.74, 6) is -0.989. The average molecular weight is 359 g/mol. The van der Waals surface area contributed by atoms with Crippen molar-refractivity contribution in [3.8, 4) is 0 Å². The molecule has 0 radical (unpaired) electrons. The van der Waals surface area contributed by atoms with Crippen LogP contribution in [0.15, 0.2) is 24.3 Å². The number of aromatic nitrogens is 2. The summed E-state index contributed by atoms with van der Waals surface area (Å²) in [5.41, 5.74) is 1.93. The lowest BCUT2D eigenvalue weighted by atomic mass is 10.0. The molecule has 0 aliphatic rings. The van der Waals surface area contributed by atoms with Crippen LogP contribution in [0.5, 0.6) is 0 Å². The van der Waals surface area contributed by atoms with E-state index in [1.165, 1.54) is 25.5 Å². The van der Waals surface area contributed by atoms with Crippen LogP contribution in [-0.2, 0) is 22.5 Å². The molecule has 0 spiro atoms. The van der Waals surface area contributed by atoms with Crippen LogP contribution in [0.25, 0.3) is 0 Å². The molecule has 0 fully saturated rings. The van der Waals surface area contributed by atoms with Crippen molar-refractivity contribution in [2.75, 3.05) is 0 Å². The largest absolute Gasteiger partial charge is 0.453 e. The van der Waals surface area contributed by atoms with E-state index in [0.717, 1.165) is 12.0 Å². The maximum absolute atomic E-state index is 12.4. The fraction of sp³-hybridized carbons (Fsp3) is 0.389. The van der Waals surface area contributed by atoms with Gasteiger partial charge in [-0.05, 0) is 32.8 Å². The van der Waals surface area contributed by atoms with Gasteiger partial charge in [-0.3, -0.25) is 24.4 Å². The van der Waals surface area contributed by atoms with Gasteiger partial charge in [0, 0.05) is 5.56 Å². The van der Waals surface area contributed by atoms with Crippen molar-refractivity contribution in [2.45, 2.75) is 46.8 Å². The van der Waals surface area contributed by atoms with Gasteiger partial charge >= 0.3 is 11.7 Å². The summed E-state index contributed by atoms with van der Waals surface area (Å²) >= 11 is 0. The number of nitrogens with zero attached hydrogens (tertiary/aromatic N) is 3. The minimum absolute atomic E-state index is 0.127. The van der Waals surface area contributed by atoms with Crippen LogP contribution in [0.4, 0.5) is 5.69 Å². The highest BCUT2D eigenvalue weighted by Crippen LogP contribution is 2.21. The molecule has 2 aromatic rings. The van der Waals surface area contributed by atoms with E-state index in [4.69, 9.17) is 4.74 Å². The van der Waals surface area contributed by atoms with Crippen LogP contribution < -0.4 is 0 Å². The Morgan fingerprint density at radius 2 is 1.88 bits per heavy atom. The predicted molar refractivity (Wildman–Crippen MR) is 94.1 cm³/mol. The number of esters is 1. The van der Waals surface area contributed by atoms with Crippen LogP contribution in [0.1, 0.15) is 41.2 Å². The normalized spacial score (nSPS) is 11.8. The average Bonchev–Trinajstić information content (AvgIpc) is 2.87. The molecule has 0 N–H and O–H groups in total. The Hall–Kier alpha value is -3.03. The number of ether oxygens (including phenoxy) is 1. The number of benzene rings is 1. The molecule has 138 valence electrons. The summed E-state index contributed by atoms with van der Waals surface area (Å²) in [6.07, 6.45) is -0.0877. The standard InChI is InChI=1S/C18H21N3O5/c1-5-14-6-8-15(9-7-14)18(23)13(4)26-16(22)10-20-12(3)17(21(24)25)11(2)19-20/h6-9,13H,5,10H2,1-4H3/t13-/m0/s1. The molecule has 26 heavy (non-hydrogen) atoms. The Balaban J connectivity index is 2.04. The molecule has 0 unspecified atom stereocenters. The van der Waals surface area contributed by atoms with Crippen molar-refractivity contribution in [1.29, 1.82) is 0 Å². The van der Waals surface area contributed by atoms with E-state index in [0.29, 0.717) is 5.56 Å². The van der Waals surface area contributed by atoms with E-state index in [9.17, 15) is 19.7 Å². The maximum atomic E-state index is 12.4. The van der Waals surface area contributed by atoms with Crippen LogP contribution in [0, 0.1) is 24.0 Å². The van der Waals surface area contributed by atoms with Gasteiger partial charge in [-0.2, -0.15) is 5.10 Å². The summed E-state index contributed by atoms with van der Waals surface area (Å²) in [4.78, 5) is 34.9. The zero-order valence-corrected chi connectivity index (χ0v) is 15.2. The lowest BCUT2D eigenvalue weighted by molar-refractivity contribution is -0.386. The number of aryl methyl sites for hydroxylation is 2. The summed E-state index contributed by atoms with van der Waals surface area (Å²) in [7, 11) is 0. The number of rotatable bonds is 7. The second-order valence-electron chi connectivity index (χ2n) is 5.98. The van der Waals surface area contributed by atoms with Gasteiger partial charge in [0.2, 0.25) is 5.78 Å². The summed E-state index contributed by atoms with van der Waals surface area (Å²) in [5, 5.41) is 15.0. The van der Waals surface area contributed by atoms with Gasteiger partial charge in [-0.15, -0.1) is 0 Å². The van der Waals surface area contributed by atoms with Crippen LogP contribution in [0.3, 0.4) is 0 Å². The molecule has 1 aromatic heterocycles. The zero-order chi connectivity index (χ0) is 19.4. The SMILES string of the molecule is CCc1ccc(C(=O)[C@H](C)OC(=O)Cn2nc(C)c([N+](=O)[O-])c2C)cc1. The molecule has 0 saturated carbocycles. The topological polar surface area (TPSA) is 104 Å². The molecule has 1 heterocycles. The third kappa shape index (κ3) is 4.14. The number of ketones is 1. The van der Waals surface area contributed by atoms with Gasteiger partial charge in [0.1, 0.15) is 17.9 Å². The first-order chi connectivity index (χ1) is 12.2. The van der Waals surface area contributed by atoms with Crippen molar-refractivity contribution in [1.82, 2.24) is 9.78 Å². The Labute approximate surface area is 150 Å². The summed E-state index contributed by atoms with van der Waals surface area (Å²) in [6.45, 7) is 6.23. The van der Waals surface area contributed by atoms with Crippen LogP contribution in [0.2, 0.25) is 0 Å². The molecular formula is C18H21N3O5. The molecule has 0 saturated heterocycles. The first-order valence-electron chi connectivity index (χ1n) is 8.25. The van der Waals surface area contributed by atoms with Gasteiger partial charge in [0.05, 0.1) is 4.92 Å². The second kappa shape index (κ2) is 7.90. The quantitative estimate of drug-likeness (QED) is 0.326. The molecule has 8 heteroatoms. The van der Waals surface area contributed by atoms with E-state index in [2.05, 4.69) is 5.10 Å². The van der Waals surface area contributed by atoms with E-state index in [1.54, 1.807) is 12.1 Å². The molecule has 0 aliphatic heterocycles. The maximum Gasteiger partial charge on any atom is 0.328 e. The number of carbonyl (C=O) groups is 2. The minimum Gasteiger partial charge on any atom is -0.453 e. The molecule has 1 atom stereocenters. The van der Waals surface area contributed by atoms with Gasteiger partial charge < -0.3 is 4.74 Å². The molecule has 1 aromatic carbocycles. The van der Waals surface area contributed by atoms with Gasteiger partial charge in [0.15, 0.2) is 6.10 Å². The van der Waals surface area contributed by atoms with Crippen LogP contribution >= 0.6 is 0 Å². The number of Topliss-reactive ketones (excluding diaryl/α,β-unsaturated/α-hetero) is 1. The first-order valence-corrected chi connectivity index (χ1v) is 8.25. The predicted octanol–water partition coefficient (Wildman–Crippen LogP) is 2.79. The molecular weight excluding hydrogens is 338 g/mol. The zero-order valence-electron chi connectivity index (χ0n) is 15.2. The molecule has 0 amide bonds. The van der Waals surface area contributed by atoms with E-state index in [1.807, 2.05) is 19.1 Å². The summed E-state index contributed by atoms with van der Waals surface area (Å²) < 4.78 is 6.38. The van der Waals surface area contributed by atoms with Gasteiger partial charge in [-0.25, -0.2) is 0 Å². The third-order valence-corrected chi connectivity index (χ3v) is 4.13. The monoisotopic (exact) mass is 359 g/mol. The fourth-order valence-corrected chi connectivity index (χ4v) is 2.66. The number of nitro groups is 1. The molecule has 0 bridgehead atoms. The number of hydrogen-bond acceptors (Lipinski definition) is 6. The van der Waals surface area contributed by atoms with Crippen molar-refractivity contribution in [2.24, 2.45) is 0 Å². The number of carbonyl (C=O) groups excluding carboxylic acids is 2. The fourth-order valence-electron chi connectivity index (χ4n) is 2.66. The lowest BCUT2D eigenvalue weighted by Crippen LogP contribution is -2.27. The first kappa shape index (κ1) is 19.3.